The predicted octanol–water partition coefficient (Wildman–Crippen LogP) is 4.65. The molecule has 98 valence electrons. The Morgan fingerprint density at radius 3 is 2.78 bits per heavy atom. The number of benzene rings is 1. The molecule has 1 saturated heterocycles. The van der Waals surface area contributed by atoms with Crippen molar-refractivity contribution in [1.82, 2.24) is 4.90 Å². The zero-order valence-electron chi connectivity index (χ0n) is 11.2. The minimum atomic E-state index is 1.16. The van der Waals surface area contributed by atoms with Crippen molar-refractivity contribution in [1.29, 1.82) is 0 Å². The number of halogens is 1. The lowest BCUT2D eigenvalue weighted by Crippen LogP contribution is -2.30. The van der Waals surface area contributed by atoms with E-state index < -0.39 is 0 Å². The molecule has 0 aromatic heterocycles. The van der Waals surface area contributed by atoms with E-state index in [1.165, 1.54) is 54.5 Å². The number of nitrogens with zero attached hydrogens (tertiary/aromatic N) is 1. The first-order valence-electron chi connectivity index (χ1n) is 6.91. The van der Waals surface area contributed by atoms with Gasteiger partial charge in [0.2, 0.25) is 0 Å². The summed E-state index contributed by atoms with van der Waals surface area (Å²) in [7, 11) is 0. The van der Waals surface area contributed by atoms with Crippen LogP contribution in [0, 0.1) is 6.92 Å². The fraction of sp³-hybridized carbons (Fsp3) is 0.500. The van der Waals surface area contributed by atoms with Gasteiger partial charge >= 0.3 is 0 Å². The van der Waals surface area contributed by atoms with Crippen molar-refractivity contribution in [3.05, 3.63) is 39.9 Å². The highest BCUT2D eigenvalue weighted by Gasteiger charge is 2.07. The molecule has 1 aromatic rings. The third-order valence-electron chi connectivity index (χ3n) is 3.67. The molecule has 0 spiro atoms. The molecule has 0 N–H and O–H groups in total. The van der Waals surface area contributed by atoms with E-state index in [0.29, 0.717) is 0 Å². The van der Waals surface area contributed by atoms with Crippen LogP contribution < -0.4 is 0 Å². The van der Waals surface area contributed by atoms with Crippen molar-refractivity contribution < 1.29 is 0 Å². The topological polar surface area (TPSA) is 3.24 Å². The zero-order valence-corrected chi connectivity index (χ0v) is 12.7. The molecule has 0 bridgehead atoms. The van der Waals surface area contributed by atoms with E-state index in [-0.39, 0.29) is 0 Å². The van der Waals surface area contributed by atoms with Gasteiger partial charge in [-0.25, -0.2) is 0 Å². The second kappa shape index (κ2) is 7.10. The third-order valence-corrected chi connectivity index (χ3v) is 4.53. The molecule has 1 nitrogen and oxygen atoms in total. The third kappa shape index (κ3) is 3.96. The average molecular weight is 308 g/mol. The maximum absolute atomic E-state index is 3.58. The Morgan fingerprint density at radius 1 is 1.22 bits per heavy atom. The summed E-state index contributed by atoms with van der Waals surface area (Å²) in [5, 5.41) is 0. The summed E-state index contributed by atoms with van der Waals surface area (Å²) >= 11 is 3.58. The van der Waals surface area contributed by atoms with E-state index in [1.54, 1.807) is 0 Å². The van der Waals surface area contributed by atoms with Gasteiger partial charge in [0.25, 0.3) is 0 Å². The molecular weight excluding hydrogens is 286 g/mol. The van der Waals surface area contributed by atoms with Crippen molar-refractivity contribution in [2.75, 3.05) is 19.6 Å². The average Bonchev–Trinajstić information content (AvgIpc) is 2.40. The van der Waals surface area contributed by atoms with Gasteiger partial charge in [0.05, 0.1) is 0 Å². The summed E-state index contributed by atoms with van der Waals surface area (Å²) in [6.45, 7) is 5.96. The van der Waals surface area contributed by atoms with Crippen molar-refractivity contribution in [3.63, 3.8) is 0 Å². The van der Waals surface area contributed by atoms with E-state index in [4.69, 9.17) is 0 Å². The molecule has 0 saturated carbocycles. The van der Waals surface area contributed by atoms with Gasteiger partial charge in [-0.3, -0.25) is 0 Å². The van der Waals surface area contributed by atoms with Crippen molar-refractivity contribution in [3.8, 4) is 0 Å². The van der Waals surface area contributed by atoms with Crippen molar-refractivity contribution in [2.45, 2.75) is 32.6 Å². The van der Waals surface area contributed by atoms with Crippen LogP contribution in [0.15, 0.2) is 28.7 Å². The maximum atomic E-state index is 3.58. The van der Waals surface area contributed by atoms with Gasteiger partial charge in [-0.15, -0.1) is 0 Å². The highest BCUT2D eigenvalue weighted by atomic mass is 79.9. The molecule has 2 rings (SSSR count). The number of piperidine rings is 1. The van der Waals surface area contributed by atoms with Gasteiger partial charge in [0, 0.05) is 11.0 Å². The monoisotopic (exact) mass is 307 g/mol. The number of rotatable bonds is 4. The Labute approximate surface area is 119 Å². The van der Waals surface area contributed by atoms with Gasteiger partial charge < -0.3 is 4.90 Å². The molecule has 1 fully saturated rings. The SMILES string of the molecule is Cc1c(Br)cccc1/C=C/CCN1CCCCC1. The lowest BCUT2D eigenvalue weighted by Gasteiger charge is -2.25. The van der Waals surface area contributed by atoms with Crippen LogP contribution >= 0.6 is 15.9 Å². The highest BCUT2D eigenvalue weighted by Crippen LogP contribution is 2.20. The fourth-order valence-electron chi connectivity index (χ4n) is 2.46. The van der Waals surface area contributed by atoms with Crippen LogP contribution in [0.3, 0.4) is 0 Å². The van der Waals surface area contributed by atoms with Gasteiger partial charge in [-0.1, -0.05) is 46.6 Å². The highest BCUT2D eigenvalue weighted by molar-refractivity contribution is 9.10. The van der Waals surface area contributed by atoms with E-state index in [2.05, 4.69) is 58.1 Å². The summed E-state index contributed by atoms with van der Waals surface area (Å²) in [6, 6.07) is 6.37. The Balaban J connectivity index is 1.82. The first-order valence-corrected chi connectivity index (χ1v) is 7.70. The largest absolute Gasteiger partial charge is 0.303 e. The molecule has 1 aliphatic heterocycles. The minimum absolute atomic E-state index is 1.16. The molecule has 0 radical (unpaired) electrons. The molecular formula is C16H22BrN. The van der Waals surface area contributed by atoms with Gasteiger partial charge in [0.15, 0.2) is 0 Å². The van der Waals surface area contributed by atoms with Crippen LogP contribution in [-0.4, -0.2) is 24.5 Å². The predicted molar refractivity (Wildman–Crippen MR) is 82.8 cm³/mol. The van der Waals surface area contributed by atoms with Crippen molar-refractivity contribution >= 4 is 22.0 Å². The molecule has 2 heteroatoms. The van der Waals surface area contributed by atoms with E-state index in [0.717, 1.165) is 6.42 Å². The Morgan fingerprint density at radius 2 is 2.00 bits per heavy atom. The first-order chi connectivity index (χ1) is 8.77. The molecule has 0 atom stereocenters. The Hall–Kier alpha value is -0.600. The summed E-state index contributed by atoms with van der Waals surface area (Å²) in [4.78, 5) is 2.58. The Kier molecular flexibility index (Phi) is 5.45. The number of hydrogen-bond donors (Lipinski definition) is 0. The molecule has 1 aromatic carbocycles. The molecule has 18 heavy (non-hydrogen) atoms. The smallest absolute Gasteiger partial charge is 0.0210 e. The van der Waals surface area contributed by atoms with Crippen LogP contribution in [-0.2, 0) is 0 Å². The standard InChI is InChI=1S/C16H22BrN/c1-14-15(9-7-10-16(14)17)8-3-6-13-18-11-4-2-5-12-18/h3,7-10H,2,4-6,11-13H2,1H3/b8-3+. The zero-order chi connectivity index (χ0) is 12.8. The quantitative estimate of drug-likeness (QED) is 0.783. The summed E-state index contributed by atoms with van der Waals surface area (Å²) in [6.07, 6.45) is 9.91. The van der Waals surface area contributed by atoms with Crippen LogP contribution in [0.25, 0.3) is 6.08 Å². The molecule has 0 amide bonds. The minimum Gasteiger partial charge on any atom is -0.303 e. The van der Waals surface area contributed by atoms with Crippen molar-refractivity contribution in [2.24, 2.45) is 0 Å². The second-order valence-electron chi connectivity index (χ2n) is 5.05. The normalized spacial score (nSPS) is 17.4. The summed E-state index contributed by atoms with van der Waals surface area (Å²) < 4.78 is 1.20. The summed E-state index contributed by atoms with van der Waals surface area (Å²) in [5.41, 5.74) is 2.65. The lowest BCUT2D eigenvalue weighted by molar-refractivity contribution is 0.233. The number of hydrogen-bond acceptors (Lipinski definition) is 1. The number of likely N-dealkylation sites (tertiary alicyclic amines) is 1. The Bertz CT molecular complexity index is 406. The van der Waals surface area contributed by atoms with Gasteiger partial charge in [-0.05, 0) is 56.5 Å². The van der Waals surface area contributed by atoms with E-state index in [9.17, 15) is 0 Å². The van der Waals surface area contributed by atoms with E-state index in [1.807, 2.05) is 0 Å². The van der Waals surface area contributed by atoms with Gasteiger partial charge in [0.1, 0.15) is 0 Å². The fourth-order valence-corrected chi connectivity index (χ4v) is 2.84. The van der Waals surface area contributed by atoms with Crippen LogP contribution in [0.2, 0.25) is 0 Å². The molecule has 1 heterocycles. The van der Waals surface area contributed by atoms with Gasteiger partial charge in [-0.2, -0.15) is 0 Å². The molecule has 0 aliphatic carbocycles. The maximum Gasteiger partial charge on any atom is 0.0210 e. The molecule has 0 unspecified atom stereocenters. The lowest BCUT2D eigenvalue weighted by atomic mass is 10.1. The molecule has 1 aliphatic rings. The first kappa shape index (κ1) is 13.8. The van der Waals surface area contributed by atoms with Crippen LogP contribution in [0.1, 0.15) is 36.8 Å². The van der Waals surface area contributed by atoms with E-state index >= 15 is 0 Å². The second-order valence-corrected chi connectivity index (χ2v) is 5.90. The van der Waals surface area contributed by atoms with Crippen LogP contribution in [0.4, 0.5) is 0 Å². The summed E-state index contributed by atoms with van der Waals surface area (Å²) in [5.74, 6) is 0. The van der Waals surface area contributed by atoms with Crippen LogP contribution in [0.5, 0.6) is 0 Å².